The number of aryl methyl sites for hydroxylation is 2. The number of halogens is 2. The average Bonchev–Trinajstić information content (AvgIpc) is 2.86. The summed E-state index contributed by atoms with van der Waals surface area (Å²) in [5.41, 5.74) is 2.85. The number of hydrogen-bond acceptors (Lipinski definition) is 1. The Hall–Kier alpha value is -0.206. The zero-order valence-corrected chi connectivity index (χ0v) is 31.8. The molecule has 2 atom stereocenters. The van der Waals surface area contributed by atoms with Crippen LogP contribution in [0.5, 0.6) is 0 Å². The Morgan fingerprint density at radius 1 is 0.615 bits per heavy atom. The van der Waals surface area contributed by atoms with E-state index >= 15 is 0 Å². The quantitative estimate of drug-likeness (QED) is 0.125. The molecule has 2 aromatic rings. The fourth-order valence-electron chi connectivity index (χ4n) is 5.69. The van der Waals surface area contributed by atoms with Gasteiger partial charge in [0.05, 0.1) is 0 Å². The number of benzene rings is 2. The highest BCUT2D eigenvalue weighted by Crippen LogP contribution is 2.54. The summed E-state index contributed by atoms with van der Waals surface area (Å²) in [5, 5.41) is 0.438. The van der Waals surface area contributed by atoms with Crippen molar-refractivity contribution < 1.29 is 4.12 Å². The van der Waals surface area contributed by atoms with Gasteiger partial charge in [-0.05, 0) is 96.0 Å². The maximum atomic E-state index is 7.89. The van der Waals surface area contributed by atoms with Crippen LogP contribution in [0.4, 0.5) is 0 Å². The molecule has 0 fully saturated rings. The van der Waals surface area contributed by atoms with Crippen molar-refractivity contribution in [2.75, 3.05) is 0 Å². The van der Waals surface area contributed by atoms with Gasteiger partial charge in [0.15, 0.2) is 16.6 Å². The van der Waals surface area contributed by atoms with Crippen molar-refractivity contribution >= 4 is 48.5 Å². The molecule has 2 rings (SSSR count). The van der Waals surface area contributed by atoms with Gasteiger partial charge in [-0.25, -0.2) is 0 Å². The van der Waals surface area contributed by atoms with Crippen molar-refractivity contribution in [3.63, 3.8) is 0 Å². The van der Waals surface area contributed by atoms with E-state index in [0.29, 0.717) is 11.8 Å². The number of hydrogen-bond donors (Lipinski definition) is 0. The van der Waals surface area contributed by atoms with E-state index in [2.05, 4.69) is 149 Å². The van der Waals surface area contributed by atoms with E-state index in [0.717, 1.165) is 12.8 Å². The Balaban J connectivity index is 2.24. The van der Waals surface area contributed by atoms with Crippen LogP contribution in [0.1, 0.15) is 92.2 Å². The molecule has 0 N–H and O–H groups in total. The van der Waals surface area contributed by atoms with E-state index in [1.54, 1.807) is 0 Å². The monoisotopic (exact) mass is 694 g/mol. The van der Waals surface area contributed by atoms with E-state index in [1.165, 1.54) is 57.8 Å². The van der Waals surface area contributed by atoms with Crippen LogP contribution in [0, 0.1) is 11.8 Å². The Labute approximate surface area is 260 Å². The molecule has 5 heteroatoms. The summed E-state index contributed by atoms with van der Waals surface area (Å²) in [6.07, 6.45) is 7.20. The average molecular weight is 697 g/mol. The van der Waals surface area contributed by atoms with Gasteiger partial charge in [0.1, 0.15) is 0 Å². The smallest absolute Gasteiger partial charge is 0.182 e. The zero-order chi connectivity index (χ0) is 29.5. The SMILES string of the molecule is CC(C)C(C)(C)[Si](C)(CCCCc1ccccc1Br)O[Si](C)(CCCCc1ccccc1Br)C(C)(C)C(C)C. The van der Waals surface area contributed by atoms with Crippen molar-refractivity contribution in [1.82, 2.24) is 0 Å². The Kier molecular flexibility index (Phi) is 13.3. The maximum Gasteiger partial charge on any atom is 0.182 e. The van der Waals surface area contributed by atoms with Crippen molar-refractivity contribution in [1.29, 1.82) is 0 Å². The Morgan fingerprint density at radius 2 is 0.949 bits per heavy atom. The van der Waals surface area contributed by atoms with E-state index in [-0.39, 0.29) is 10.1 Å². The minimum Gasteiger partial charge on any atom is -0.454 e. The molecule has 0 saturated heterocycles. The van der Waals surface area contributed by atoms with Crippen LogP contribution in [0.3, 0.4) is 0 Å². The molecule has 0 aliphatic rings. The fourth-order valence-corrected chi connectivity index (χ4v) is 19.1. The normalized spacial score (nSPS) is 15.9. The minimum absolute atomic E-state index is 0.219. The molecular formula is C34H56Br2OSi2. The summed E-state index contributed by atoms with van der Waals surface area (Å²) in [6, 6.07) is 19.9. The molecule has 0 aliphatic carbocycles. The maximum absolute atomic E-state index is 7.89. The first-order valence-electron chi connectivity index (χ1n) is 15.2. The summed E-state index contributed by atoms with van der Waals surface area (Å²) in [6.45, 7) is 24.9. The van der Waals surface area contributed by atoms with Crippen molar-refractivity contribution in [2.45, 2.75) is 129 Å². The van der Waals surface area contributed by atoms with Crippen LogP contribution in [0.25, 0.3) is 0 Å². The first-order chi connectivity index (χ1) is 18.1. The van der Waals surface area contributed by atoms with E-state index in [1.807, 2.05) is 0 Å². The third-order valence-corrected chi connectivity index (χ3v) is 25.1. The summed E-state index contributed by atoms with van der Waals surface area (Å²) in [7, 11) is -4.15. The van der Waals surface area contributed by atoms with Crippen LogP contribution in [0.2, 0.25) is 35.3 Å². The van der Waals surface area contributed by atoms with Gasteiger partial charge >= 0.3 is 0 Å². The van der Waals surface area contributed by atoms with Crippen LogP contribution in [0.15, 0.2) is 57.5 Å². The molecule has 0 aliphatic heterocycles. The fraction of sp³-hybridized carbons (Fsp3) is 0.647. The summed E-state index contributed by atoms with van der Waals surface area (Å²) >= 11 is 7.50. The summed E-state index contributed by atoms with van der Waals surface area (Å²) < 4.78 is 10.4. The first-order valence-corrected chi connectivity index (χ1v) is 22.1. The van der Waals surface area contributed by atoms with Crippen molar-refractivity contribution in [3.05, 3.63) is 68.6 Å². The summed E-state index contributed by atoms with van der Waals surface area (Å²) in [4.78, 5) is 0. The molecule has 0 heterocycles. The molecule has 0 bridgehead atoms. The second kappa shape index (κ2) is 14.8. The molecule has 0 saturated carbocycles. The van der Waals surface area contributed by atoms with Gasteiger partial charge in [-0.1, -0.05) is 136 Å². The van der Waals surface area contributed by atoms with Gasteiger partial charge in [0.2, 0.25) is 0 Å². The van der Waals surface area contributed by atoms with Crippen LogP contribution < -0.4 is 0 Å². The van der Waals surface area contributed by atoms with Crippen molar-refractivity contribution in [3.8, 4) is 0 Å². The summed E-state index contributed by atoms with van der Waals surface area (Å²) in [5.74, 6) is 1.21. The van der Waals surface area contributed by atoms with Gasteiger partial charge in [-0.2, -0.15) is 0 Å². The third kappa shape index (κ3) is 8.89. The van der Waals surface area contributed by atoms with Gasteiger partial charge < -0.3 is 4.12 Å². The van der Waals surface area contributed by atoms with Crippen LogP contribution in [-0.2, 0) is 17.0 Å². The molecule has 0 amide bonds. The zero-order valence-electron chi connectivity index (χ0n) is 26.6. The van der Waals surface area contributed by atoms with Crippen LogP contribution in [-0.4, -0.2) is 16.6 Å². The topological polar surface area (TPSA) is 9.23 Å². The molecule has 220 valence electrons. The van der Waals surface area contributed by atoms with E-state index in [4.69, 9.17) is 4.12 Å². The first kappa shape index (κ1) is 35.0. The van der Waals surface area contributed by atoms with Gasteiger partial charge in [0, 0.05) is 8.95 Å². The van der Waals surface area contributed by atoms with E-state index < -0.39 is 16.6 Å². The second-order valence-corrected chi connectivity index (χ2v) is 24.9. The predicted octanol–water partition coefficient (Wildman–Crippen LogP) is 12.6. The lowest BCUT2D eigenvalue weighted by atomic mass is 9.99. The molecule has 39 heavy (non-hydrogen) atoms. The second-order valence-electron chi connectivity index (χ2n) is 13.9. The lowest BCUT2D eigenvalue weighted by molar-refractivity contribution is 0.339. The molecule has 1 nitrogen and oxygen atoms in total. The van der Waals surface area contributed by atoms with Crippen LogP contribution >= 0.6 is 31.9 Å². The number of rotatable bonds is 16. The highest BCUT2D eigenvalue weighted by atomic mass is 79.9. The molecule has 2 aromatic carbocycles. The van der Waals surface area contributed by atoms with E-state index in [9.17, 15) is 0 Å². The molecule has 2 unspecified atom stereocenters. The molecule has 0 radical (unpaired) electrons. The van der Waals surface area contributed by atoms with Gasteiger partial charge in [-0.15, -0.1) is 0 Å². The predicted molar refractivity (Wildman–Crippen MR) is 186 cm³/mol. The molecule has 0 aromatic heterocycles. The largest absolute Gasteiger partial charge is 0.454 e. The minimum atomic E-state index is -2.07. The lowest BCUT2D eigenvalue weighted by Crippen LogP contribution is -2.59. The highest BCUT2D eigenvalue weighted by Gasteiger charge is 2.55. The lowest BCUT2D eigenvalue weighted by Gasteiger charge is -2.55. The Morgan fingerprint density at radius 3 is 1.26 bits per heavy atom. The van der Waals surface area contributed by atoms with Gasteiger partial charge in [-0.3, -0.25) is 0 Å². The van der Waals surface area contributed by atoms with Crippen molar-refractivity contribution in [2.24, 2.45) is 11.8 Å². The standard InChI is InChI=1S/C34H56Br2OSi2/c1-27(2)33(5,6)38(9,25-17-15-21-29-19-11-13-23-31(29)35)37-39(10,34(7,8)28(3)4)26-18-16-22-30-20-12-14-24-32(30)36/h11-14,19-20,23-24,27-28H,15-18,21-22,25-26H2,1-10H3. The highest BCUT2D eigenvalue weighted by molar-refractivity contribution is 9.10. The number of unbranched alkanes of at least 4 members (excludes halogenated alkanes) is 2. The van der Waals surface area contributed by atoms with Gasteiger partial charge in [0.25, 0.3) is 0 Å². The Bertz CT molecular complexity index is 954. The third-order valence-electron chi connectivity index (χ3n) is 10.7. The molecular weight excluding hydrogens is 640 g/mol. The molecule has 0 spiro atoms.